The van der Waals surface area contributed by atoms with Crippen LogP contribution in [0, 0.1) is 3.57 Å². The number of halogens is 1. The summed E-state index contributed by atoms with van der Waals surface area (Å²) in [5.74, 6) is 1.61. The van der Waals surface area contributed by atoms with E-state index in [1.165, 1.54) is 16.4 Å². The fraction of sp³-hybridized carbons (Fsp3) is 0.429. The van der Waals surface area contributed by atoms with Crippen molar-refractivity contribution in [1.82, 2.24) is 15.0 Å². The van der Waals surface area contributed by atoms with Gasteiger partial charge < -0.3 is 4.74 Å². The molecule has 100 valence electrons. The second kappa shape index (κ2) is 5.90. The summed E-state index contributed by atoms with van der Waals surface area (Å²) in [5.41, 5.74) is 1.15. The molecule has 0 aliphatic heterocycles. The van der Waals surface area contributed by atoms with Crippen molar-refractivity contribution in [2.45, 2.75) is 31.7 Å². The lowest BCUT2D eigenvalue weighted by molar-refractivity contribution is 0.297. The van der Waals surface area contributed by atoms with E-state index < -0.39 is 0 Å². The molecule has 1 aromatic heterocycles. The number of aromatic nitrogens is 3. The Kier molecular flexibility index (Phi) is 4.00. The lowest BCUT2D eigenvalue weighted by atomic mass is 10.3. The molecule has 0 amide bonds. The van der Waals surface area contributed by atoms with E-state index in [1.54, 1.807) is 0 Å². The molecule has 0 N–H and O–H groups in total. The Hall–Kier alpha value is -1.11. The molecule has 1 saturated carbocycles. The van der Waals surface area contributed by atoms with Crippen LogP contribution in [0.5, 0.6) is 5.75 Å². The van der Waals surface area contributed by atoms with Crippen LogP contribution in [0.15, 0.2) is 30.5 Å². The summed E-state index contributed by atoms with van der Waals surface area (Å²) in [5, 5.41) is 8.34. The zero-order valence-corrected chi connectivity index (χ0v) is 12.8. The van der Waals surface area contributed by atoms with E-state index in [1.807, 2.05) is 22.9 Å². The summed E-state index contributed by atoms with van der Waals surface area (Å²) in [6.07, 6.45) is 5.56. The summed E-state index contributed by atoms with van der Waals surface area (Å²) < 4.78 is 8.83. The summed E-state index contributed by atoms with van der Waals surface area (Å²) >= 11 is 2.29. The van der Waals surface area contributed by atoms with E-state index in [4.69, 9.17) is 4.74 Å². The molecule has 1 aromatic carbocycles. The number of nitrogens with zero attached hydrogens (tertiary/aromatic N) is 3. The van der Waals surface area contributed by atoms with Gasteiger partial charge in [0.25, 0.3) is 0 Å². The average Bonchev–Trinajstić information content (AvgIpc) is 3.15. The fourth-order valence-electron chi connectivity index (χ4n) is 1.96. The molecule has 0 unspecified atom stereocenters. The van der Waals surface area contributed by atoms with Gasteiger partial charge in [-0.25, -0.2) is 0 Å². The second-order valence-corrected chi connectivity index (χ2v) is 6.09. The van der Waals surface area contributed by atoms with Crippen LogP contribution in [-0.4, -0.2) is 21.6 Å². The summed E-state index contributed by atoms with van der Waals surface area (Å²) in [6, 6.07) is 8.10. The van der Waals surface area contributed by atoms with Gasteiger partial charge >= 0.3 is 0 Å². The van der Waals surface area contributed by atoms with Gasteiger partial charge in [-0.2, -0.15) is 0 Å². The summed E-state index contributed by atoms with van der Waals surface area (Å²) in [4.78, 5) is 0. The molecule has 0 atom stereocenters. The van der Waals surface area contributed by atoms with Crippen LogP contribution in [0.2, 0.25) is 0 Å². The van der Waals surface area contributed by atoms with Crippen molar-refractivity contribution in [3.63, 3.8) is 0 Å². The average molecular weight is 369 g/mol. The SMILES string of the molecule is Ic1cccc(OCCCn2cc(C3CC3)nn2)c1. The van der Waals surface area contributed by atoms with Crippen molar-refractivity contribution in [2.75, 3.05) is 6.61 Å². The molecular formula is C14H16IN3O. The van der Waals surface area contributed by atoms with Crippen LogP contribution in [-0.2, 0) is 6.54 Å². The van der Waals surface area contributed by atoms with E-state index in [0.717, 1.165) is 24.4 Å². The predicted molar refractivity (Wildman–Crippen MR) is 81.3 cm³/mol. The minimum Gasteiger partial charge on any atom is -0.493 e. The Bertz CT molecular complexity index is 551. The first-order valence-corrected chi connectivity index (χ1v) is 7.67. The molecule has 0 saturated heterocycles. The van der Waals surface area contributed by atoms with Crippen molar-refractivity contribution < 1.29 is 4.74 Å². The van der Waals surface area contributed by atoms with Gasteiger partial charge in [0.2, 0.25) is 0 Å². The smallest absolute Gasteiger partial charge is 0.120 e. The lowest BCUT2D eigenvalue weighted by Gasteiger charge is -2.06. The number of hydrogen-bond acceptors (Lipinski definition) is 3. The minimum absolute atomic E-state index is 0.677. The zero-order valence-electron chi connectivity index (χ0n) is 10.6. The van der Waals surface area contributed by atoms with Gasteiger partial charge in [0.05, 0.1) is 12.3 Å². The van der Waals surface area contributed by atoms with Crippen molar-refractivity contribution in [3.8, 4) is 5.75 Å². The minimum atomic E-state index is 0.677. The predicted octanol–water partition coefficient (Wildman–Crippen LogP) is 3.23. The van der Waals surface area contributed by atoms with E-state index in [2.05, 4.69) is 45.2 Å². The first-order valence-electron chi connectivity index (χ1n) is 6.60. The lowest BCUT2D eigenvalue weighted by Crippen LogP contribution is -2.05. The van der Waals surface area contributed by atoms with Gasteiger partial charge in [0, 0.05) is 28.7 Å². The topological polar surface area (TPSA) is 39.9 Å². The van der Waals surface area contributed by atoms with Crippen LogP contribution in [0.1, 0.15) is 30.9 Å². The maximum Gasteiger partial charge on any atom is 0.120 e. The van der Waals surface area contributed by atoms with Crippen molar-refractivity contribution in [2.24, 2.45) is 0 Å². The Morgan fingerprint density at radius 1 is 1.37 bits per heavy atom. The highest BCUT2D eigenvalue weighted by atomic mass is 127. The highest BCUT2D eigenvalue weighted by Gasteiger charge is 2.26. The molecule has 1 aliphatic carbocycles. The molecule has 0 spiro atoms. The molecule has 0 radical (unpaired) electrons. The molecule has 2 aromatic rings. The number of rotatable bonds is 6. The van der Waals surface area contributed by atoms with Crippen molar-refractivity contribution >= 4 is 22.6 Å². The highest BCUT2D eigenvalue weighted by molar-refractivity contribution is 14.1. The van der Waals surface area contributed by atoms with Gasteiger partial charge in [0.1, 0.15) is 5.75 Å². The monoisotopic (exact) mass is 369 g/mol. The van der Waals surface area contributed by atoms with E-state index >= 15 is 0 Å². The van der Waals surface area contributed by atoms with Crippen LogP contribution >= 0.6 is 22.6 Å². The third kappa shape index (κ3) is 3.68. The Labute approximate surface area is 126 Å². The molecule has 1 fully saturated rings. The van der Waals surface area contributed by atoms with Crippen molar-refractivity contribution in [1.29, 1.82) is 0 Å². The van der Waals surface area contributed by atoms with Gasteiger partial charge in [-0.05, 0) is 53.6 Å². The van der Waals surface area contributed by atoms with Crippen LogP contribution in [0.25, 0.3) is 0 Å². The van der Waals surface area contributed by atoms with Crippen LogP contribution < -0.4 is 4.74 Å². The Morgan fingerprint density at radius 2 is 2.26 bits per heavy atom. The van der Waals surface area contributed by atoms with Crippen LogP contribution in [0.4, 0.5) is 0 Å². The fourth-order valence-corrected chi connectivity index (χ4v) is 2.48. The van der Waals surface area contributed by atoms with Crippen molar-refractivity contribution in [3.05, 3.63) is 39.7 Å². The number of benzene rings is 1. The summed E-state index contributed by atoms with van der Waals surface area (Å²) in [7, 11) is 0. The molecule has 19 heavy (non-hydrogen) atoms. The van der Waals surface area contributed by atoms with E-state index in [9.17, 15) is 0 Å². The van der Waals surface area contributed by atoms with Gasteiger partial charge in [-0.3, -0.25) is 4.68 Å². The van der Waals surface area contributed by atoms with Crippen LogP contribution in [0.3, 0.4) is 0 Å². The Balaban J connectivity index is 1.42. The van der Waals surface area contributed by atoms with Gasteiger partial charge in [-0.1, -0.05) is 11.3 Å². The first-order chi connectivity index (χ1) is 9.31. The maximum atomic E-state index is 5.71. The number of hydrogen-bond donors (Lipinski definition) is 0. The molecule has 1 heterocycles. The molecule has 0 bridgehead atoms. The molecule has 3 rings (SSSR count). The first kappa shape index (κ1) is 12.9. The van der Waals surface area contributed by atoms with E-state index in [-0.39, 0.29) is 0 Å². The molecule has 5 heteroatoms. The standard InChI is InChI=1S/C14H16IN3O/c15-12-3-1-4-13(9-12)19-8-2-7-18-10-14(16-17-18)11-5-6-11/h1,3-4,9-11H,2,5-8H2. The normalized spacial score (nSPS) is 14.6. The zero-order chi connectivity index (χ0) is 13.1. The van der Waals surface area contributed by atoms with E-state index in [0.29, 0.717) is 12.5 Å². The number of aryl methyl sites for hydroxylation is 1. The number of ether oxygens (including phenoxy) is 1. The third-order valence-corrected chi connectivity index (χ3v) is 3.82. The third-order valence-electron chi connectivity index (χ3n) is 3.15. The highest BCUT2D eigenvalue weighted by Crippen LogP contribution is 2.38. The molecular weight excluding hydrogens is 353 g/mol. The molecule has 4 nitrogen and oxygen atoms in total. The second-order valence-electron chi connectivity index (χ2n) is 4.84. The Morgan fingerprint density at radius 3 is 3.05 bits per heavy atom. The maximum absolute atomic E-state index is 5.71. The summed E-state index contributed by atoms with van der Waals surface area (Å²) in [6.45, 7) is 1.57. The van der Waals surface area contributed by atoms with Gasteiger partial charge in [0.15, 0.2) is 0 Å². The van der Waals surface area contributed by atoms with Gasteiger partial charge in [-0.15, -0.1) is 5.10 Å². The molecule has 1 aliphatic rings. The largest absolute Gasteiger partial charge is 0.493 e. The quantitative estimate of drug-likeness (QED) is 0.580.